The van der Waals surface area contributed by atoms with Crippen LogP contribution in [0.4, 0.5) is 0 Å². The molecule has 2 rings (SSSR count). The zero-order chi connectivity index (χ0) is 15.4. The molecule has 0 amide bonds. The zero-order valence-electron chi connectivity index (χ0n) is 12.0. The summed E-state index contributed by atoms with van der Waals surface area (Å²) in [6, 6.07) is 5.93. The van der Waals surface area contributed by atoms with E-state index in [2.05, 4.69) is 40.2 Å². The summed E-state index contributed by atoms with van der Waals surface area (Å²) >= 11 is 15.9. The first-order chi connectivity index (χ1) is 10.1. The fourth-order valence-electron chi connectivity index (χ4n) is 2.26. The van der Waals surface area contributed by atoms with Crippen molar-refractivity contribution in [2.45, 2.75) is 32.9 Å². The highest BCUT2D eigenvalue weighted by molar-refractivity contribution is 9.10. The molecule has 21 heavy (non-hydrogen) atoms. The van der Waals surface area contributed by atoms with Crippen LogP contribution in [0.3, 0.4) is 0 Å². The van der Waals surface area contributed by atoms with E-state index in [0.29, 0.717) is 10.0 Å². The number of nitrogens with zero attached hydrogens (tertiary/aromatic N) is 2. The van der Waals surface area contributed by atoms with Crippen LogP contribution in [0.2, 0.25) is 10.0 Å². The molecule has 114 valence electrons. The van der Waals surface area contributed by atoms with Crippen LogP contribution in [0.25, 0.3) is 0 Å². The Morgan fingerprint density at radius 1 is 1.29 bits per heavy atom. The first-order valence-electron chi connectivity index (χ1n) is 6.98. The van der Waals surface area contributed by atoms with Crippen LogP contribution in [-0.2, 0) is 6.54 Å². The minimum absolute atomic E-state index is 0.00605. The quantitative estimate of drug-likeness (QED) is 0.746. The van der Waals surface area contributed by atoms with Gasteiger partial charge in [0.2, 0.25) is 0 Å². The molecule has 6 heteroatoms. The molecule has 0 aliphatic heterocycles. The molecule has 0 radical (unpaired) electrons. The smallest absolute Gasteiger partial charge is 0.0837 e. The normalized spacial score (nSPS) is 12.6. The van der Waals surface area contributed by atoms with Gasteiger partial charge in [-0.3, -0.25) is 4.68 Å². The van der Waals surface area contributed by atoms with Crippen molar-refractivity contribution in [2.75, 3.05) is 6.54 Å². The van der Waals surface area contributed by atoms with Gasteiger partial charge in [0.15, 0.2) is 0 Å². The minimum atomic E-state index is -0.00605. The molecule has 1 aromatic carbocycles. The fourth-order valence-corrected chi connectivity index (χ4v) is 3.03. The average Bonchev–Trinajstić information content (AvgIpc) is 2.84. The molecule has 1 heterocycles. The lowest BCUT2D eigenvalue weighted by atomic mass is 10.0. The van der Waals surface area contributed by atoms with Crippen LogP contribution in [0.1, 0.15) is 37.6 Å². The predicted octanol–water partition coefficient (Wildman–Crippen LogP) is 5.06. The summed E-state index contributed by atoms with van der Waals surface area (Å²) in [6.45, 7) is 5.87. The lowest BCUT2D eigenvalue weighted by Gasteiger charge is -2.21. The number of aromatic nitrogens is 2. The van der Waals surface area contributed by atoms with Crippen molar-refractivity contribution < 1.29 is 0 Å². The lowest BCUT2D eigenvalue weighted by Crippen LogP contribution is -2.26. The van der Waals surface area contributed by atoms with Gasteiger partial charge < -0.3 is 5.32 Å². The number of benzene rings is 1. The van der Waals surface area contributed by atoms with Crippen molar-refractivity contribution in [3.8, 4) is 0 Å². The number of hydrogen-bond donors (Lipinski definition) is 1. The maximum Gasteiger partial charge on any atom is 0.0837 e. The Kier molecular flexibility index (Phi) is 6.11. The summed E-state index contributed by atoms with van der Waals surface area (Å²) in [7, 11) is 0. The Balaban J connectivity index is 2.46. The van der Waals surface area contributed by atoms with E-state index in [1.54, 1.807) is 6.20 Å². The van der Waals surface area contributed by atoms with E-state index in [9.17, 15) is 0 Å². The predicted molar refractivity (Wildman–Crippen MR) is 92.2 cm³/mol. The average molecular weight is 391 g/mol. The number of aryl methyl sites for hydroxylation is 1. The number of rotatable bonds is 6. The molecular weight excluding hydrogens is 373 g/mol. The van der Waals surface area contributed by atoms with Crippen LogP contribution in [0, 0.1) is 0 Å². The number of hydrogen-bond acceptors (Lipinski definition) is 2. The summed E-state index contributed by atoms with van der Waals surface area (Å²) in [4.78, 5) is 0. The third-order valence-corrected chi connectivity index (χ3v) is 4.79. The van der Waals surface area contributed by atoms with Crippen molar-refractivity contribution in [3.63, 3.8) is 0 Å². The molecule has 1 N–H and O–H groups in total. The van der Waals surface area contributed by atoms with E-state index in [1.165, 1.54) is 0 Å². The second-order valence-electron chi connectivity index (χ2n) is 4.75. The second-order valence-corrected chi connectivity index (χ2v) is 6.42. The van der Waals surface area contributed by atoms with Gasteiger partial charge in [-0.05, 0) is 53.5 Å². The molecule has 0 aliphatic rings. The standard InChI is InChI=1S/C15H18BrCl2N3/c1-3-7-19-14(10-5-6-12(17)11(16)8-10)15-13(18)9-20-21(15)4-2/h5-6,8-9,14,19H,3-4,7H2,1-2H3. The van der Waals surface area contributed by atoms with E-state index < -0.39 is 0 Å². The number of halogens is 3. The van der Waals surface area contributed by atoms with Gasteiger partial charge in [0.1, 0.15) is 0 Å². The topological polar surface area (TPSA) is 29.9 Å². The molecule has 0 spiro atoms. The Bertz CT molecular complexity index is 613. The third-order valence-electron chi connectivity index (χ3n) is 3.28. The maximum absolute atomic E-state index is 6.36. The molecule has 2 aromatic rings. The molecule has 0 aliphatic carbocycles. The van der Waals surface area contributed by atoms with E-state index in [0.717, 1.165) is 35.2 Å². The minimum Gasteiger partial charge on any atom is -0.305 e. The molecule has 0 saturated heterocycles. The highest BCUT2D eigenvalue weighted by atomic mass is 79.9. The summed E-state index contributed by atoms with van der Waals surface area (Å²) in [5.41, 5.74) is 2.10. The number of nitrogens with one attached hydrogen (secondary N) is 1. The van der Waals surface area contributed by atoms with E-state index in [4.69, 9.17) is 23.2 Å². The first-order valence-corrected chi connectivity index (χ1v) is 8.52. The van der Waals surface area contributed by atoms with Gasteiger partial charge in [-0.15, -0.1) is 0 Å². The van der Waals surface area contributed by atoms with Gasteiger partial charge >= 0.3 is 0 Å². The molecule has 0 bridgehead atoms. The van der Waals surface area contributed by atoms with Crippen molar-refractivity contribution in [2.24, 2.45) is 0 Å². The molecule has 1 unspecified atom stereocenters. The molecule has 0 fully saturated rings. The van der Waals surface area contributed by atoms with Crippen molar-refractivity contribution >= 4 is 39.1 Å². The highest BCUT2D eigenvalue weighted by Gasteiger charge is 2.21. The zero-order valence-corrected chi connectivity index (χ0v) is 15.1. The second kappa shape index (κ2) is 7.63. The first kappa shape index (κ1) is 16.8. The van der Waals surface area contributed by atoms with Crippen LogP contribution in [0.5, 0.6) is 0 Å². The molecule has 3 nitrogen and oxygen atoms in total. The van der Waals surface area contributed by atoms with Crippen LogP contribution in [0.15, 0.2) is 28.9 Å². The summed E-state index contributed by atoms with van der Waals surface area (Å²) in [5, 5.41) is 9.25. The van der Waals surface area contributed by atoms with Gasteiger partial charge in [0.25, 0.3) is 0 Å². The van der Waals surface area contributed by atoms with Crippen LogP contribution >= 0.6 is 39.1 Å². The van der Waals surface area contributed by atoms with E-state index in [1.807, 2.05) is 22.9 Å². The fraction of sp³-hybridized carbons (Fsp3) is 0.400. The highest BCUT2D eigenvalue weighted by Crippen LogP contribution is 2.32. The van der Waals surface area contributed by atoms with E-state index in [-0.39, 0.29) is 6.04 Å². The Labute approximate surface area is 143 Å². The monoisotopic (exact) mass is 389 g/mol. The molecule has 1 aromatic heterocycles. The maximum atomic E-state index is 6.36. The third kappa shape index (κ3) is 3.81. The van der Waals surface area contributed by atoms with Crippen molar-refractivity contribution in [1.29, 1.82) is 0 Å². The lowest BCUT2D eigenvalue weighted by molar-refractivity contribution is 0.530. The van der Waals surface area contributed by atoms with Crippen molar-refractivity contribution in [1.82, 2.24) is 15.1 Å². The van der Waals surface area contributed by atoms with Gasteiger partial charge in [0, 0.05) is 11.0 Å². The molecular formula is C15H18BrCl2N3. The van der Waals surface area contributed by atoms with E-state index >= 15 is 0 Å². The molecule has 1 atom stereocenters. The Morgan fingerprint density at radius 3 is 2.67 bits per heavy atom. The Hall–Kier alpha value is -0.550. The van der Waals surface area contributed by atoms with Gasteiger partial charge in [-0.25, -0.2) is 0 Å². The van der Waals surface area contributed by atoms with Crippen LogP contribution < -0.4 is 5.32 Å². The van der Waals surface area contributed by atoms with Crippen LogP contribution in [-0.4, -0.2) is 16.3 Å². The summed E-state index contributed by atoms with van der Waals surface area (Å²) in [6.07, 6.45) is 2.75. The van der Waals surface area contributed by atoms with Gasteiger partial charge in [0.05, 0.1) is 28.0 Å². The Morgan fingerprint density at radius 2 is 2.05 bits per heavy atom. The van der Waals surface area contributed by atoms with Gasteiger partial charge in [-0.1, -0.05) is 36.2 Å². The SMILES string of the molecule is CCCNC(c1ccc(Cl)c(Br)c1)c1c(Cl)cnn1CC. The largest absolute Gasteiger partial charge is 0.305 e. The summed E-state index contributed by atoms with van der Waals surface area (Å²) < 4.78 is 2.81. The summed E-state index contributed by atoms with van der Waals surface area (Å²) in [5.74, 6) is 0. The van der Waals surface area contributed by atoms with Gasteiger partial charge in [-0.2, -0.15) is 5.10 Å². The molecule has 0 saturated carbocycles. The van der Waals surface area contributed by atoms with Crippen molar-refractivity contribution in [3.05, 3.63) is 50.2 Å².